The Hall–Kier alpha value is -2.99. The third-order valence-electron chi connectivity index (χ3n) is 5.43. The van der Waals surface area contributed by atoms with Crippen LogP contribution in [0.5, 0.6) is 0 Å². The summed E-state index contributed by atoms with van der Waals surface area (Å²) in [6, 6.07) is 30.0. The number of hydrogen-bond acceptors (Lipinski definition) is 3. The lowest BCUT2D eigenvalue weighted by Gasteiger charge is -2.35. The predicted molar refractivity (Wildman–Crippen MR) is 120 cm³/mol. The van der Waals surface area contributed by atoms with Gasteiger partial charge in [-0.05, 0) is 29.5 Å². The van der Waals surface area contributed by atoms with E-state index < -0.39 is 21.7 Å². The summed E-state index contributed by atoms with van der Waals surface area (Å²) < 4.78 is 29.4. The quantitative estimate of drug-likeness (QED) is 0.487. The Kier molecular flexibility index (Phi) is 5.43. The molecule has 0 fully saturated rings. The molecule has 0 amide bonds. The number of sulfonamides is 1. The maximum Gasteiger partial charge on any atom is 0.241 e. The summed E-state index contributed by atoms with van der Waals surface area (Å²) >= 11 is 0. The molecule has 0 spiro atoms. The van der Waals surface area contributed by atoms with Crippen LogP contribution in [-0.2, 0) is 15.6 Å². The van der Waals surface area contributed by atoms with Gasteiger partial charge in [-0.15, -0.1) is 0 Å². The normalized spacial score (nSPS) is 13.3. The second-order valence-electron chi connectivity index (χ2n) is 7.32. The first-order valence-electron chi connectivity index (χ1n) is 9.76. The van der Waals surface area contributed by atoms with Gasteiger partial charge in [0.05, 0.1) is 10.9 Å². The molecule has 5 heteroatoms. The molecule has 4 aromatic carbocycles. The zero-order valence-corrected chi connectivity index (χ0v) is 17.4. The molecule has 0 aliphatic carbocycles. The van der Waals surface area contributed by atoms with Gasteiger partial charge < -0.3 is 5.11 Å². The standard InChI is InChI=1S/C25H23NO3S/c1-19(25(27,21-13-4-2-5-14-21)22-15-6-3-7-16-22)26-30(28,29)24-18-10-12-20-11-8-9-17-23(20)24/h2-19,26-27H,1H3/t19-/m1/s1. The summed E-state index contributed by atoms with van der Waals surface area (Å²) in [5.41, 5.74) is -0.311. The van der Waals surface area contributed by atoms with Crippen LogP contribution in [0.15, 0.2) is 108 Å². The summed E-state index contributed by atoms with van der Waals surface area (Å²) in [6.07, 6.45) is 0. The van der Waals surface area contributed by atoms with Gasteiger partial charge in [0.1, 0.15) is 5.60 Å². The molecule has 0 saturated carbocycles. The Morgan fingerprint density at radius 2 is 1.23 bits per heavy atom. The summed E-state index contributed by atoms with van der Waals surface area (Å²) in [5.74, 6) is 0. The summed E-state index contributed by atoms with van der Waals surface area (Å²) in [4.78, 5) is 0.191. The van der Waals surface area contributed by atoms with Gasteiger partial charge in [0.25, 0.3) is 0 Å². The third-order valence-corrected chi connectivity index (χ3v) is 7.02. The number of aliphatic hydroxyl groups is 1. The van der Waals surface area contributed by atoms with Crippen molar-refractivity contribution in [2.75, 3.05) is 0 Å². The van der Waals surface area contributed by atoms with Gasteiger partial charge in [0, 0.05) is 5.39 Å². The van der Waals surface area contributed by atoms with E-state index in [1.807, 2.05) is 60.7 Å². The van der Waals surface area contributed by atoms with Gasteiger partial charge in [-0.3, -0.25) is 0 Å². The highest BCUT2D eigenvalue weighted by atomic mass is 32.2. The van der Waals surface area contributed by atoms with Crippen molar-refractivity contribution >= 4 is 20.8 Å². The Labute approximate surface area is 176 Å². The minimum Gasteiger partial charge on any atom is -0.379 e. The van der Waals surface area contributed by atoms with Crippen LogP contribution in [0.3, 0.4) is 0 Å². The largest absolute Gasteiger partial charge is 0.379 e. The second-order valence-corrected chi connectivity index (χ2v) is 9.00. The Balaban J connectivity index is 1.79. The molecule has 4 rings (SSSR count). The lowest BCUT2D eigenvalue weighted by Crippen LogP contribution is -2.49. The van der Waals surface area contributed by atoms with E-state index in [1.54, 1.807) is 49.4 Å². The average Bonchev–Trinajstić information content (AvgIpc) is 2.79. The van der Waals surface area contributed by atoms with Crippen molar-refractivity contribution in [2.24, 2.45) is 0 Å². The SMILES string of the molecule is C[C@@H](NS(=O)(=O)c1cccc2ccccc12)C(O)(c1ccccc1)c1ccccc1. The van der Waals surface area contributed by atoms with Gasteiger partial charge in [-0.2, -0.15) is 0 Å². The molecule has 0 saturated heterocycles. The molecular weight excluding hydrogens is 394 g/mol. The molecule has 0 heterocycles. The van der Waals surface area contributed by atoms with E-state index in [9.17, 15) is 13.5 Å². The molecule has 0 unspecified atom stereocenters. The van der Waals surface area contributed by atoms with Crippen LogP contribution in [0, 0.1) is 0 Å². The molecule has 4 nitrogen and oxygen atoms in total. The van der Waals surface area contributed by atoms with Crippen LogP contribution in [0.1, 0.15) is 18.1 Å². The number of fused-ring (bicyclic) bond motifs is 1. The van der Waals surface area contributed by atoms with Gasteiger partial charge >= 0.3 is 0 Å². The fourth-order valence-corrected chi connectivity index (χ4v) is 5.36. The Bertz CT molecular complexity index is 1210. The molecule has 0 radical (unpaired) electrons. The maximum absolute atomic E-state index is 13.3. The molecule has 152 valence electrons. The Morgan fingerprint density at radius 1 is 0.733 bits per heavy atom. The number of rotatable bonds is 6. The fourth-order valence-electron chi connectivity index (χ4n) is 3.86. The molecule has 0 aromatic heterocycles. The van der Waals surface area contributed by atoms with Crippen LogP contribution in [0.4, 0.5) is 0 Å². The first kappa shape index (κ1) is 20.3. The van der Waals surface area contributed by atoms with Crippen LogP contribution >= 0.6 is 0 Å². The van der Waals surface area contributed by atoms with Crippen LogP contribution in [0.2, 0.25) is 0 Å². The highest BCUT2D eigenvalue weighted by molar-refractivity contribution is 7.89. The second kappa shape index (κ2) is 8.03. The third kappa shape index (κ3) is 3.63. The minimum atomic E-state index is -3.90. The lowest BCUT2D eigenvalue weighted by molar-refractivity contribution is 0.0520. The first-order chi connectivity index (χ1) is 14.4. The van der Waals surface area contributed by atoms with E-state index in [-0.39, 0.29) is 4.90 Å². The smallest absolute Gasteiger partial charge is 0.241 e. The highest BCUT2D eigenvalue weighted by Gasteiger charge is 2.40. The highest BCUT2D eigenvalue weighted by Crippen LogP contribution is 2.34. The number of nitrogens with one attached hydrogen (secondary N) is 1. The number of benzene rings is 4. The Morgan fingerprint density at radius 3 is 1.83 bits per heavy atom. The van der Waals surface area contributed by atoms with Gasteiger partial charge in [-0.1, -0.05) is 97.1 Å². The predicted octanol–water partition coefficient (Wildman–Crippen LogP) is 4.44. The fraction of sp³-hybridized carbons (Fsp3) is 0.120. The average molecular weight is 418 g/mol. The van der Waals surface area contributed by atoms with Crippen LogP contribution in [-0.4, -0.2) is 19.6 Å². The molecule has 0 bridgehead atoms. The van der Waals surface area contributed by atoms with E-state index in [2.05, 4.69) is 4.72 Å². The van der Waals surface area contributed by atoms with E-state index in [4.69, 9.17) is 0 Å². The zero-order valence-electron chi connectivity index (χ0n) is 16.6. The van der Waals surface area contributed by atoms with Crippen LogP contribution < -0.4 is 4.72 Å². The number of hydrogen-bond donors (Lipinski definition) is 2. The molecule has 0 aliphatic heterocycles. The van der Waals surface area contributed by atoms with Crippen molar-refractivity contribution in [3.8, 4) is 0 Å². The van der Waals surface area contributed by atoms with E-state index >= 15 is 0 Å². The topological polar surface area (TPSA) is 66.4 Å². The van der Waals surface area contributed by atoms with Gasteiger partial charge in [0.15, 0.2) is 0 Å². The van der Waals surface area contributed by atoms with Crippen molar-refractivity contribution in [3.63, 3.8) is 0 Å². The summed E-state index contributed by atoms with van der Waals surface area (Å²) in [6.45, 7) is 1.68. The molecule has 30 heavy (non-hydrogen) atoms. The lowest BCUT2D eigenvalue weighted by atomic mass is 9.81. The maximum atomic E-state index is 13.3. The van der Waals surface area contributed by atoms with Gasteiger partial charge in [-0.25, -0.2) is 13.1 Å². The van der Waals surface area contributed by atoms with Crippen molar-refractivity contribution in [3.05, 3.63) is 114 Å². The summed E-state index contributed by atoms with van der Waals surface area (Å²) in [7, 11) is -3.90. The van der Waals surface area contributed by atoms with Crippen molar-refractivity contribution in [1.82, 2.24) is 4.72 Å². The van der Waals surface area contributed by atoms with Crippen molar-refractivity contribution < 1.29 is 13.5 Å². The molecule has 1 atom stereocenters. The molecular formula is C25H23NO3S. The van der Waals surface area contributed by atoms with Crippen LogP contribution in [0.25, 0.3) is 10.8 Å². The van der Waals surface area contributed by atoms with Crippen molar-refractivity contribution in [1.29, 1.82) is 0 Å². The first-order valence-corrected chi connectivity index (χ1v) is 11.2. The van der Waals surface area contributed by atoms with E-state index in [1.165, 1.54) is 0 Å². The zero-order chi connectivity index (χ0) is 21.2. The van der Waals surface area contributed by atoms with Crippen molar-refractivity contribution in [2.45, 2.75) is 23.5 Å². The molecule has 4 aromatic rings. The molecule has 0 aliphatic rings. The van der Waals surface area contributed by atoms with E-state index in [0.717, 1.165) is 5.39 Å². The monoisotopic (exact) mass is 417 g/mol. The summed E-state index contributed by atoms with van der Waals surface area (Å²) in [5, 5.41) is 13.3. The minimum absolute atomic E-state index is 0.191. The van der Waals surface area contributed by atoms with Gasteiger partial charge in [0.2, 0.25) is 10.0 Å². The molecule has 2 N–H and O–H groups in total. The van der Waals surface area contributed by atoms with E-state index in [0.29, 0.717) is 16.5 Å².